The molecule has 0 heterocycles. The van der Waals surface area contributed by atoms with E-state index in [0.717, 1.165) is 5.57 Å². The molecule has 0 saturated carbocycles. The highest BCUT2D eigenvalue weighted by atomic mass is 14.2. The van der Waals surface area contributed by atoms with Crippen LogP contribution in [0, 0.1) is 0 Å². The number of hydrogen-bond acceptors (Lipinski definition) is 0. The molecule has 0 heteroatoms. The Morgan fingerprint density at radius 1 is 0.850 bits per heavy atom. The van der Waals surface area contributed by atoms with Crippen LogP contribution in [0.3, 0.4) is 0 Å². The fraction of sp³-hybridized carbons (Fsp3) is 0.0500. The number of hydrogen-bond donors (Lipinski definition) is 0. The molecule has 0 amide bonds. The van der Waals surface area contributed by atoms with E-state index >= 15 is 0 Å². The minimum Gasteiger partial charge on any atom is -0.108 e. The first-order chi connectivity index (χ1) is 9.81. The lowest BCUT2D eigenvalue weighted by atomic mass is 9.93. The summed E-state index contributed by atoms with van der Waals surface area (Å²) in [7, 11) is 0. The summed E-state index contributed by atoms with van der Waals surface area (Å²) >= 11 is 0. The summed E-state index contributed by atoms with van der Waals surface area (Å²) in [4.78, 5) is 0. The van der Waals surface area contributed by atoms with Gasteiger partial charge in [-0.2, -0.15) is 0 Å². The monoisotopic (exact) mass is 256 g/mol. The Labute approximate surface area is 120 Å². The topological polar surface area (TPSA) is 0 Å². The maximum atomic E-state index is 3.75. The van der Waals surface area contributed by atoms with E-state index in [1.54, 1.807) is 6.08 Å². The molecule has 0 aromatic heterocycles. The summed E-state index contributed by atoms with van der Waals surface area (Å²) in [5, 5.41) is 0. The van der Waals surface area contributed by atoms with Gasteiger partial charge in [-0.1, -0.05) is 67.3 Å². The number of benzene rings is 2. The highest BCUT2D eigenvalue weighted by Crippen LogP contribution is 2.37. The Morgan fingerprint density at radius 3 is 2.05 bits per heavy atom. The van der Waals surface area contributed by atoms with Crippen LogP contribution in [0.2, 0.25) is 0 Å². The summed E-state index contributed by atoms with van der Waals surface area (Å²) in [5.41, 5.74) is 10.8. The van der Waals surface area contributed by atoms with E-state index in [9.17, 15) is 0 Å². The van der Waals surface area contributed by atoms with Crippen molar-refractivity contribution < 1.29 is 0 Å². The highest BCUT2D eigenvalue weighted by molar-refractivity contribution is 5.94. The Balaban J connectivity index is 2.37. The zero-order valence-corrected chi connectivity index (χ0v) is 11.6. The molecule has 0 saturated heterocycles. The van der Waals surface area contributed by atoms with Gasteiger partial charge in [0.1, 0.15) is 0 Å². The average Bonchev–Trinajstić information content (AvgIpc) is 2.62. The van der Waals surface area contributed by atoms with Crippen molar-refractivity contribution in [1.82, 2.24) is 0 Å². The molecule has 0 radical (unpaired) electrons. The zero-order valence-electron chi connectivity index (χ0n) is 11.6. The standard InChI is InChI=1S/C20H16/c1-3-4-9-16-14-15(2)17-10-5-7-12-19(17)20-13-8-6-11-18(16)20/h3-13H,1H2,2H3. The van der Waals surface area contributed by atoms with E-state index in [-0.39, 0.29) is 0 Å². The predicted octanol–water partition coefficient (Wildman–Crippen LogP) is 5.50. The van der Waals surface area contributed by atoms with Crippen molar-refractivity contribution in [1.29, 1.82) is 0 Å². The maximum Gasteiger partial charge on any atom is 0.0246 e. The zero-order chi connectivity index (χ0) is 13.9. The Kier molecular flexibility index (Phi) is 3.25. The molecule has 0 atom stereocenters. The second-order valence-corrected chi connectivity index (χ2v) is 4.85. The van der Waals surface area contributed by atoms with Crippen molar-refractivity contribution in [2.75, 3.05) is 0 Å². The lowest BCUT2D eigenvalue weighted by molar-refractivity contribution is 1.54. The molecule has 0 aliphatic heterocycles. The minimum atomic E-state index is 1.11. The van der Waals surface area contributed by atoms with Gasteiger partial charge in [0.05, 0.1) is 0 Å². The molecule has 0 spiro atoms. The van der Waals surface area contributed by atoms with Gasteiger partial charge in [-0.3, -0.25) is 0 Å². The molecule has 0 bridgehead atoms. The van der Waals surface area contributed by atoms with Gasteiger partial charge in [-0.25, -0.2) is 0 Å². The molecule has 1 aliphatic rings. The molecular weight excluding hydrogens is 240 g/mol. The van der Waals surface area contributed by atoms with E-state index in [2.05, 4.69) is 73.8 Å². The maximum absolute atomic E-state index is 3.75. The van der Waals surface area contributed by atoms with Crippen LogP contribution in [0.25, 0.3) is 22.3 Å². The van der Waals surface area contributed by atoms with Crippen LogP contribution in [0.5, 0.6) is 0 Å². The largest absolute Gasteiger partial charge is 0.108 e. The van der Waals surface area contributed by atoms with E-state index in [0.29, 0.717) is 0 Å². The SMILES string of the molecule is C=CC=CC1=C=C(C)c2ccccc2-c2ccccc21. The molecule has 1 aliphatic carbocycles. The predicted molar refractivity (Wildman–Crippen MR) is 87.2 cm³/mol. The van der Waals surface area contributed by atoms with Gasteiger partial charge in [0.15, 0.2) is 0 Å². The first-order valence-corrected chi connectivity index (χ1v) is 6.77. The smallest absolute Gasteiger partial charge is 0.0246 e. The van der Waals surface area contributed by atoms with Crippen molar-refractivity contribution in [2.45, 2.75) is 6.92 Å². The summed E-state index contributed by atoms with van der Waals surface area (Å²) < 4.78 is 0. The number of rotatable bonds is 2. The van der Waals surface area contributed by atoms with Crippen LogP contribution >= 0.6 is 0 Å². The lowest BCUT2D eigenvalue weighted by Crippen LogP contribution is -1.88. The third kappa shape index (κ3) is 2.07. The van der Waals surface area contributed by atoms with Gasteiger partial charge in [0.25, 0.3) is 0 Å². The van der Waals surface area contributed by atoms with Crippen LogP contribution in [-0.4, -0.2) is 0 Å². The molecular formula is C20H16. The van der Waals surface area contributed by atoms with Crippen LogP contribution in [-0.2, 0) is 0 Å². The first kappa shape index (κ1) is 12.5. The van der Waals surface area contributed by atoms with Gasteiger partial charge >= 0.3 is 0 Å². The second-order valence-electron chi connectivity index (χ2n) is 4.85. The van der Waals surface area contributed by atoms with Crippen LogP contribution in [0.1, 0.15) is 18.1 Å². The van der Waals surface area contributed by atoms with Gasteiger partial charge in [-0.05, 0) is 40.8 Å². The van der Waals surface area contributed by atoms with Gasteiger partial charge in [0.2, 0.25) is 0 Å². The molecule has 3 rings (SSSR count). The molecule has 0 nitrogen and oxygen atoms in total. The van der Waals surface area contributed by atoms with Crippen LogP contribution in [0.15, 0.2) is 79.1 Å². The van der Waals surface area contributed by atoms with Crippen molar-refractivity contribution in [2.24, 2.45) is 0 Å². The van der Waals surface area contributed by atoms with E-state index in [1.807, 2.05) is 6.08 Å². The third-order valence-corrected chi connectivity index (χ3v) is 3.56. The quantitative estimate of drug-likeness (QED) is 0.492. The highest BCUT2D eigenvalue weighted by Gasteiger charge is 2.14. The molecule has 96 valence electrons. The molecule has 0 N–H and O–H groups in total. The van der Waals surface area contributed by atoms with Gasteiger partial charge in [0, 0.05) is 5.57 Å². The minimum absolute atomic E-state index is 1.11. The van der Waals surface area contributed by atoms with Gasteiger partial charge < -0.3 is 0 Å². The third-order valence-electron chi connectivity index (χ3n) is 3.56. The Morgan fingerprint density at radius 2 is 1.40 bits per heavy atom. The van der Waals surface area contributed by atoms with E-state index < -0.39 is 0 Å². The molecule has 0 fully saturated rings. The fourth-order valence-corrected chi connectivity index (χ4v) is 2.63. The summed E-state index contributed by atoms with van der Waals surface area (Å²) in [6.07, 6.45) is 5.83. The summed E-state index contributed by atoms with van der Waals surface area (Å²) in [6.45, 7) is 5.87. The molecule has 2 aromatic rings. The van der Waals surface area contributed by atoms with E-state index in [4.69, 9.17) is 0 Å². The normalized spacial score (nSPS) is 13.1. The number of allylic oxidation sites excluding steroid dienone is 4. The number of fused-ring (bicyclic) bond motifs is 3. The molecule has 20 heavy (non-hydrogen) atoms. The molecule has 0 unspecified atom stereocenters. The Bertz CT molecular complexity index is 766. The average molecular weight is 256 g/mol. The van der Waals surface area contributed by atoms with Crippen molar-refractivity contribution in [3.05, 3.63) is 90.2 Å². The van der Waals surface area contributed by atoms with Crippen LogP contribution in [0.4, 0.5) is 0 Å². The van der Waals surface area contributed by atoms with Crippen LogP contribution < -0.4 is 0 Å². The van der Waals surface area contributed by atoms with E-state index in [1.165, 1.54) is 27.8 Å². The second kappa shape index (κ2) is 5.21. The lowest BCUT2D eigenvalue weighted by Gasteiger charge is -2.10. The summed E-state index contributed by atoms with van der Waals surface area (Å²) in [6, 6.07) is 17.0. The Hall–Kier alpha value is -2.56. The van der Waals surface area contributed by atoms with Gasteiger partial charge in [-0.15, -0.1) is 5.73 Å². The fourth-order valence-electron chi connectivity index (χ4n) is 2.63. The summed E-state index contributed by atoms with van der Waals surface area (Å²) in [5.74, 6) is 0. The van der Waals surface area contributed by atoms with Crippen molar-refractivity contribution in [3.63, 3.8) is 0 Å². The molecule has 2 aromatic carbocycles. The van der Waals surface area contributed by atoms with Crippen molar-refractivity contribution >= 4 is 11.1 Å². The van der Waals surface area contributed by atoms with Crippen molar-refractivity contribution in [3.8, 4) is 11.1 Å². The first-order valence-electron chi connectivity index (χ1n) is 6.77.